The van der Waals surface area contributed by atoms with Crippen molar-refractivity contribution < 1.29 is 13.2 Å². The number of para-hydroxylation sites is 1. The topological polar surface area (TPSA) is 90.3 Å². The number of hydrogen-bond donors (Lipinski definition) is 1. The molecule has 0 aliphatic heterocycles. The maximum absolute atomic E-state index is 12.4. The highest BCUT2D eigenvalue weighted by Crippen LogP contribution is 2.13. The number of sulfonamides is 1. The van der Waals surface area contributed by atoms with Crippen LogP contribution >= 0.6 is 0 Å². The van der Waals surface area contributed by atoms with Crippen molar-refractivity contribution in [1.82, 2.24) is 4.31 Å². The number of nitriles is 1. The van der Waals surface area contributed by atoms with E-state index in [1.165, 1.54) is 0 Å². The molecule has 23 heavy (non-hydrogen) atoms. The number of amides is 2. The summed E-state index contributed by atoms with van der Waals surface area (Å²) in [6.07, 6.45) is 0. The van der Waals surface area contributed by atoms with Gasteiger partial charge in [0, 0.05) is 5.69 Å². The second kappa shape index (κ2) is 7.42. The fourth-order valence-electron chi connectivity index (χ4n) is 1.91. The summed E-state index contributed by atoms with van der Waals surface area (Å²) in [7, 11) is -4.03. The van der Waals surface area contributed by atoms with Crippen LogP contribution in [0.3, 0.4) is 0 Å². The van der Waals surface area contributed by atoms with Crippen LogP contribution in [0.15, 0.2) is 60.7 Å². The molecule has 0 saturated carbocycles. The first-order valence-corrected chi connectivity index (χ1v) is 8.41. The number of urea groups is 1. The molecule has 0 heterocycles. The first-order chi connectivity index (χ1) is 11.0. The number of carbonyl (C=O) groups excluding carboxylic acids is 1. The third-order valence-corrected chi connectivity index (χ3v) is 4.46. The molecule has 2 amide bonds. The van der Waals surface area contributed by atoms with Crippen LogP contribution in [0.25, 0.3) is 0 Å². The first-order valence-electron chi connectivity index (χ1n) is 6.80. The van der Waals surface area contributed by atoms with E-state index in [1.54, 1.807) is 66.7 Å². The molecule has 0 unspecified atom stereocenters. The van der Waals surface area contributed by atoms with Crippen molar-refractivity contribution >= 4 is 21.7 Å². The molecule has 0 aromatic heterocycles. The summed E-state index contributed by atoms with van der Waals surface area (Å²) in [6.45, 7) is -0.135. The third kappa shape index (κ3) is 4.56. The molecular formula is C16H15N3O3S. The van der Waals surface area contributed by atoms with Crippen LogP contribution in [0, 0.1) is 11.3 Å². The molecule has 2 rings (SSSR count). The van der Waals surface area contributed by atoms with Gasteiger partial charge in [-0.15, -0.1) is 0 Å². The third-order valence-electron chi connectivity index (χ3n) is 3.00. The van der Waals surface area contributed by atoms with Gasteiger partial charge in [0.05, 0.1) is 12.6 Å². The van der Waals surface area contributed by atoms with Gasteiger partial charge in [-0.05, 0) is 17.7 Å². The predicted octanol–water partition coefficient (Wildman–Crippen LogP) is 2.57. The smallest absolute Gasteiger partial charge is 0.307 e. The van der Waals surface area contributed by atoms with E-state index in [4.69, 9.17) is 5.26 Å². The Morgan fingerprint density at radius 3 is 2.17 bits per heavy atom. The van der Waals surface area contributed by atoms with Gasteiger partial charge in [-0.2, -0.15) is 5.26 Å². The maximum atomic E-state index is 12.4. The number of benzene rings is 2. The average Bonchev–Trinajstić information content (AvgIpc) is 2.54. The lowest BCUT2D eigenvalue weighted by Crippen LogP contribution is -2.40. The Balaban J connectivity index is 2.26. The van der Waals surface area contributed by atoms with E-state index in [2.05, 4.69) is 5.32 Å². The largest absolute Gasteiger partial charge is 0.335 e. The van der Waals surface area contributed by atoms with Crippen LogP contribution in [0.4, 0.5) is 10.5 Å². The summed E-state index contributed by atoms with van der Waals surface area (Å²) in [5.41, 5.74) is 1.12. The Bertz CT molecular complexity index is 799. The van der Waals surface area contributed by atoms with Gasteiger partial charge in [-0.1, -0.05) is 48.5 Å². The van der Waals surface area contributed by atoms with E-state index in [9.17, 15) is 13.2 Å². The van der Waals surface area contributed by atoms with Crippen molar-refractivity contribution in [2.75, 3.05) is 11.1 Å². The monoisotopic (exact) mass is 329 g/mol. The lowest BCUT2D eigenvalue weighted by molar-refractivity contribution is 0.234. The number of nitrogens with zero attached hydrogens (tertiary/aromatic N) is 2. The Morgan fingerprint density at radius 2 is 1.61 bits per heavy atom. The second-order valence-corrected chi connectivity index (χ2v) is 6.60. The van der Waals surface area contributed by atoms with Gasteiger partial charge in [0.25, 0.3) is 10.0 Å². The summed E-state index contributed by atoms with van der Waals surface area (Å²) >= 11 is 0. The van der Waals surface area contributed by atoms with Gasteiger partial charge in [-0.25, -0.2) is 17.5 Å². The highest BCUT2D eigenvalue weighted by atomic mass is 32.2. The van der Waals surface area contributed by atoms with Crippen molar-refractivity contribution in [3.8, 4) is 6.07 Å². The normalized spacial score (nSPS) is 10.6. The molecule has 2 aromatic carbocycles. The van der Waals surface area contributed by atoms with Gasteiger partial charge >= 0.3 is 6.03 Å². The van der Waals surface area contributed by atoms with Crippen molar-refractivity contribution in [2.24, 2.45) is 0 Å². The summed E-state index contributed by atoms with van der Waals surface area (Å²) in [5.74, 6) is -0.762. The van der Waals surface area contributed by atoms with Crippen LogP contribution in [0.1, 0.15) is 5.56 Å². The number of rotatable bonds is 5. The summed E-state index contributed by atoms with van der Waals surface area (Å²) in [5, 5.41) is 11.2. The van der Waals surface area contributed by atoms with Crippen LogP contribution < -0.4 is 5.32 Å². The van der Waals surface area contributed by atoms with E-state index in [-0.39, 0.29) is 6.54 Å². The van der Waals surface area contributed by atoms with E-state index >= 15 is 0 Å². The number of nitrogens with one attached hydrogen (secondary N) is 1. The lowest BCUT2D eigenvalue weighted by atomic mass is 10.2. The molecule has 0 aliphatic carbocycles. The molecule has 0 saturated heterocycles. The van der Waals surface area contributed by atoms with E-state index in [0.29, 0.717) is 15.6 Å². The molecule has 0 atom stereocenters. The Hall–Kier alpha value is -2.85. The molecule has 0 bridgehead atoms. The molecule has 0 aliphatic rings. The van der Waals surface area contributed by atoms with E-state index in [1.807, 2.05) is 0 Å². The van der Waals surface area contributed by atoms with Crippen molar-refractivity contribution in [3.05, 3.63) is 66.2 Å². The van der Waals surface area contributed by atoms with Crippen molar-refractivity contribution in [2.45, 2.75) is 6.54 Å². The van der Waals surface area contributed by atoms with Crippen molar-refractivity contribution in [3.63, 3.8) is 0 Å². The number of carbonyl (C=O) groups is 1. The SMILES string of the molecule is N#CCS(=O)(=O)N(Cc1ccccc1)C(=O)Nc1ccccc1. The molecule has 6 nitrogen and oxygen atoms in total. The Morgan fingerprint density at radius 1 is 1.04 bits per heavy atom. The van der Waals surface area contributed by atoms with Crippen LogP contribution in [-0.4, -0.2) is 24.5 Å². The van der Waals surface area contributed by atoms with Gasteiger partial charge in [-0.3, -0.25) is 0 Å². The zero-order valence-corrected chi connectivity index (χ0v) is 13.0. The molecule has 118 valence electrons. The maximum Gasteiger partial charge on any atom is 0.335 e. The summed E-state index contributed by atoms with van der Waals surface area (Å²) < 4.78 is 25.1. The van der Waals surface area contributed by atoms with Crippen LogP contribution in [-0.2, 0) is 16.6 Å². The molecular weight excluding hydrogens is 314 g/mol. The zero-order valence-electron chi connectivity index (χ0n) is 12.2. The highest BCUT2D eigenvalue weighted by Gasteiger charge is 2.27. The number of anilines is 1. The lowest BCUT2D eigenvalue weighted by Gasteiger charge is -2.21. The minimum atomic E-state index is -4.03. The summed E-state index contributed by atoms with van der Waals surface area (Å²) in [6, 6.07) is 18.0. The zero-order chi connectivity index (χ0) is 16.7. The fraction of sp³-hybridized carbons (Fsp3) is 0.125. The predicted molar refractivity (Wildman–Crippen MR) is 86.8 cm³/mol. The molecule has 1 N–H and O–H groups in total. The standard InChI is InChI=1S/C16H15N3O3S/c17-11-12-23(21,22)19(13-14-7-3-1-4-8-14)16(20)18-15-9-5-2-6-10-15/h1-10H,12-13H2,(H,18,20). The van der Waals surface area contributed by atoms with Crippen LogP contribution in [0.5, 0.6) is 0 Å². The minimum Gasteiger partial charge on any atom is -0.307 e. The Labute approximate surface area is 135 Å². The first kappa shape index (κ1) is 16.5. The van der Waals surface area contributed by atoms with Crippen LogP contribution in [0.2, 0.25) is 0 Å². The quantitative estimate of drug-likeness (QED) is 0.913. The molecule has 0 radical (unpaired) electrons. The molecule has 0 fully saturated rings. The Kier molecular flexibility index (Phi) is 5.33. The summed E-state index contributed by atoms with van der Waals surface area (Å²) in [4.78, 5) is 12.4. The number of hydrogen-bond acceptors (Lipinski definition) is 4. The van der Waals surface area contributed by atoms with Gasteiger partial charge in [0.2, 0.25) is 0 Å². The van der Waals surface area contributed by atoms with Crippen molar-refractivity contribution in [1.29, 1.82) is 5.26 Å². The second-order valence-electron chi connectivity index (χ2n) is 4.70. The van der Waals surface area contributed by atoms with Gasteiger partial charge < -0.3 is 5.32 Å². The average molecular weight is 329 g/mol. The highest BCUT2D eigenvalue weighted by molar-refractivity contribution is 7.89. The molecule has 2 aromatic rings. The van der Waals surface area contributed by atoms with E-state index < -0.39 is 21.8 Å². The van der Waals surface area contributed by atoms with Gasteiger partial charge in [0.15, 0.2) is 5.75 Å². The van der Waals surface area contributed by atoms with E-state index in [0.717, 1.165) is 0 Å². The minimum absolute atomic E-state index is 0.135. The van der Waals surface area contributed by atoms with Gasteiger partial charge in [0.1, 0.15) is 0 Å². The molecule has 0 spiro atoms. The fourth-order valence-corrected chi connectivity index (χ4v) is 2.88. The molecule has 7 heteroatoms.